The molecule has 226 valence electrons. The van der Waals surface area contributed by atoms with Gasteiger partial charge in [0, 0.05) is 0 Å². The first kappa shape index (κ1) is 29.4. The smallest absolute Gasteiger partial charge is 0.166 e. The first-order chi connectivity index (χ1) is 22.1. The summed E-state index contributed by atoms with van der Waals surface area (Å²) in [5.41, 5.74) is 1.55. The van der Waals surface area contributed by atoms with Gasteiger partial charge in [-0.05, 0) is 102 Å². The summed E-state index contributed by atoms with van der Waals surface area (Å²) in [5, 5.41) is 3.34. The van der Waals surface area contributed by atoms with Crippen LogP contribution in [0, 0.1) is 0 Å². The first-order valence-electron chi connectivity index (χ1n) is 14.6. The van der Waals surface area contributed by atoms with Crippen LogP contribution >= 0.6 is 0 Å². The second-order valence-electron chi connectivity index (χ2n) is 11.2. The third kappa shape index (κ3) is 5.51. The molecule has 0 bridgehead atoms. The van der Waals surface area contributed by atoms with Crippen molar-refractivity contribution in [2.24, 2.45) is 0 Å². The molecule has 46 heavy (non-hydrogen) atoms. The summed E-state index contributed by atoms with van der Waals surface area (Å²) in [7, 11) is 0. The topological polar surface area (TPSA) is 0 Å². The molecule has 6 heteroatoms. The lowest BCUT2D eigenvalue weighted by molar-refractivity contribution is -0.138. The van der Waals surface area contributed by atoms with Gasteiger partial charge in [0.25, 0.3) is 0 Å². The summed E-state index contributed by atoms with van der Waals surface area (Å²) >= 11 is 0. The van der Waals surface area contributed by atoms with Gasteiger partial charge in [-0.1, -0.05) is 109 Å². The predicted molar refractivity (Wildman–Crippen MR) is 173 cm³/mol. The number of hydrogen-bond donors (Lipinski definition) is 0. The molecule has 0 spiro atoms. The Kier molecular flexibility index (Phi) is 7.16. The molecule has 0 heterocycles. The van der Waals surface area contributed by atoms with Crippen LogP contribution in [0.4, 0.5) is 26.3 Å². The highest BCUT2D eigenvalue weighted by atomic mass is 19.4. The molecule has 0 radical (unpaired) electrons. The highest BCUT2D eigenvalue weighted by Crippen LogP contribution is 2.43. The van der Waals surface area contributed by atoms with Crippen molar-refractivity contribution in [2.75, 3.05) is 0 Å². The monoisotopic (exact) mass is 618 g/mol. The molecule has 0 N–H and O–H groups in total. The maximum absolute atomic E-state index is 14.3. The number of hydrogen-bond acceptors (Lipinski definition) is 0. The molecule has 0 atom stereocenters. The van der Waals surface area contributed by atoms with E-state index in [9.17, 15) is 26.3 Å². The maximum Gasteiger partial charge on any atom is 0.416 e. The van der Waals surface area contributed by atoms with Crippen molar-refractivity contribution in [3.63, 3.8) is 0 Å². The highest BCUT2D eigenvalue weighted by Gasteiger charge is 2.33. The van der Waals surface area contributed by atoms with Crippen LogP contribution in [0.3, 0.4) is 0 Å². The van der Waals surface area contributed by atoms with E-state index in [-0.39, 0.29) is 11.1 Å². The fourth-order valence-corrected chi connectivity index (χ4v) is 6.15. The van der Waals surface area contributed by atoms with Gasteiger partial charge in [0.05, 0.1) is 11.1 Å². The van der Waals surface area contributed by atoms with Crippen molar-refractivity contribution in [1.82, 2.24) is 0 Å². The summed E-state index contributed by atoms with van der Waals surface area (Å²) in [6.45, 7) is 0. The van der Waals surface area contributed by atoms with Crippen LogP contribution in [0.25, 0.3) is 66.1 Å². The molecule has 0 fully saturated rings. The second-order valence-corrected chi connectivity index (χ2v) is 11.2. The van der Waals surface area contributed by atoms with Crippen LogP contribution in [0.15, 0.2) is 146 Å². The molecule has 0 aliphatic heterocycles. The van der Waals surface area contributed by atoms with Crippen LogP contribution in [-0.4, -0.2) is 0 Å². The highest BCUT2D eigenvalue weighted by molar-refractivity contribution is 5.99. The van der Waals surface area contributed by atoms with E-state index in [1.807, 2.05) is 60.7 Å². The number of alkyl halides is 6. The summed E-state index contributed by atoms with van der Waals surface area (Å²) in [5.74, 6) is 0. The molecule has 0 amide bonds. The molecule has 7 aromatic rings. The van der Waals surface area contributed by atoms with Gasteiger partial charge in [-0.3, -0.25) is 0 Å². The molecule has 0 nitrogen and oxygen atoms in total. The van der Waals surface area contributed by atoms with E-state index in [4.69, 9.17) is 0 Å². The van der Waals surface area contributed by atoms with E-state index in [0.29, 0.717) is 33.4 Å². The van der Waals surface area contributed by atoms with E-state index in [0.717, 1.165) is 45.8 Å². The number of halogens is 6. The molecule has 0 aliphatic carbocycles. The maximum atomic E-state index is 14.3. The number of rotatable bonds is 4. The summed E-state index contributed by atoms with van der Waals surface area (Å²) in [4.78, 5) is 0. The predicted octanol–water partition coefficient (Wildman–Crippen LogP) is 12.7. The lowest BCUT2D eigenvalue weighted by atomic mass is 9.88. The average Bonchev–Trinajstić information content (AvgIpc) is 3.06. The van der Waals surface area contributed by atoms with Crippen molar-refractivity contribution in [2.45, 2.75) is 12.4 Å². The summed E-state index contributed by atoms with van der Waals surface area (Å²) in [6.07, 6.45) is -9.30. The Morgan fingerprint density at radius 3 is 1.00 bits per heavy atom. The minimum Gasteiger partial charge on any atom is -0.166 e. The molecule has 0 saturated heterocycles. The zero-order valence-corrected chi connectivity index (χ0v) is 24.1. The van der Waals surface area contributed by atoms with Crippen LogP contribution < -0.4 is 0 Å². The summed E-state index contributed by atoms with van der Waals surface area (Å²) in [6, 6.07) is 40.2. The lowest BCUT2D eigenvalue weighted by Crippen LogP contribution is -2.06. The van der Waals surface area contributed by atoms with Crippen LogP contribution in [-0.2, 0) is 12.4 Å². The third-order valence-electron chi connectivity index (χ3n) is 8.27. The standard InChI is InChI=1S/C40H24F6/c41-39(42,43)31-21-27(19-29(23-31)37-17-7-11-25-9-1-3-13-33(25)37)35-15-5-6-16-36(35)28-20-30(24-32(22-28)40(44,45)46)38-18-8-12-26-10-2-4-14-34(26)38/h1-24H. The Hall–Kier alpha value is -5.36. The van der Waals surface area contributed by atoms with Crippen molar-refractivity contribution < 1.29 is 26.3 Å². The summed E-state index contributed by atoms with van der Waals surface area (Å²) < 4.78 is 86.1. The Bertz CT molecular complexity index is 2070. The van der Waals surface area contributed by atoms with Gasteiger partial charge in [0.15, 0.2) is 0 Å². The van der Waals surface area contributed by atoms with Crippen LogP contribution in [0.5, 0.6) is 0 Å². The Morgan fingerprint density at radius 2 is 0.609 bits per heavy atom. The molecule has 0 saturated carbocycles. The lowest BCUT2D eigenvalue weighted by Gasteiger charge is -2.18. The van der Waals surface area contributed by atoms with Gasteiger partial charge in [-0.25, -0.2) is 0 Å². The zero-order chi connectivity index (χ0) is 32.1. The average molecular weight is 619 g/mol. The number of benzene rings is 7. The van der Waals surface area contributed by atoms with E-state index in [2.05, 4.69) is 0 Å². The van der Waals surface area contributed by atoms with E-state index >= 15 is 0 Å². The normalized spacial score (nSPS) is 12.1. The molecule has 0 aliphatic rings. The quantitative estimate of drug-likeness (QED) is 0.172. The van der Waals surface area contributed by atoms with Gasteiger partial charge in [0.2, 0.25) is 0 Å². The minimum atomic E-state index is -4.65. The van der Waals surface area contributed by atoms with Crippen LogP contribution in [0.2, 0.25) is 0 Å². The van der Waals surface area contributed by atoms with Gasteiger partial charge < -0.3 is 0 Å². The van der Waals surface area contributed by atoms with E-state index in [1.165, 1.54) is 0 Å². The van der Waals surface area contributed by atoms with Gasteiger partial charge in [-0.2, -0.15) is 26.3 Å². The van der Waals surface area contributed by atoms with Crippen molar-refractivity contribution >= 4 is 21.5 Å². The Labute approximate surface area is 261 Å². The molecule has 0 aromatic heterocycles. The van der Waals surface area contributed by atoms with Gasteiger partial charge in [-0.15, -0.1) is 0 Å². The van der Waals surface area contributed by atoms with E-state index in [1.54, 1.807) is 60.7 Å². The van der Waals surface area contributed by atoms with Gasteiger partial charge >= 0.3 is 12.4 Å². The fourth-order valence-electron chi connectivity index (χ4n) is 6.15. The van der Waals surface area contributed by atoms with Gasteiger partial charge in [0.1, 0.15) is 0 Å². The molecule has 7 aromatic carbocycles. The van der Waals surface area contributed by atoms with Crippen molar-refractivity contribution in [3.05, 3.63) is 157 Å². The molecular weight excluding hydrogens is 594 g/mol. The van der Waals surface area contributed by atoms with Crippen molar-refractivity contribution in [3.8, 4) is 44.5 Å². The minimum absolute atomic E-state index is 0.248. The fraction of sp³-hybridized carbons (Fsp3) is 0.0500. The van der Waals surface area contributed by atoms with Crippen LogP contribution in [0.1, 0.15) is 11.1 Å². The molecule has 0 unspecified atom stereocenters. The zero-order valence-electron chi connectivity index (χ0n) is 24.1. The SMILES string of the molecule is FC(F)(F)c1cc(-c2ccccc2-c2cc(-c3cccc4ccccc34)cc(C(F)(F)F)c2)cc(-c2cccc3ccccc23)c1. The number of fused-ring (bicyclic) bond motifs is 2. The second kappa shape index (κ2) is 11.2. The van der Waals surface area contributed by atoms with Crippen molar-refractivity contribution in [1.29, 1.82) is 0 Å². The molecule has 7 rings (SSSR count). The first-order valence-corrected chi connectivity index (χ1v) is 14.6. The molecular formula is C40H24F6. The Morgan fingerprint density at radius 1 is 0.304 bits per heavy atom. The Balaban J connectivity index is 1.46. The third-order valence-corrected chi connectivity index (χ3v) is 8.27. The van der Waals surface area contributed by atoms with E-state index < -0.39 is 23.5 Å². The largest absolute Gasteiger partial charge is 0.416 e.